The van der Waals surface area contributed by atoms with E-state index in [1.165, 1.54) is 12.3 Å². The number of nitrogens with zero attached hydrogens (tertiary/aromatic N) is 4. The predicted octanol–water partition coefficient (Wildman–Crippen LogP) is 3.20. The zero-order valence-electron chi connectivity index (χ0n) is 12.6. The molecule has 25 heavy (non-hydrogen) atoms. The van der Waals surface area contributed by atoms with Gasteiger partial charge >= 0.3 is 0 Å². The van der Waals surface area contributed by atoms with Crippen molar-refractivity contribution in [3.8, 4) is 0 Å². The van der Waals surface area contributed by atoms with Crippen molar-refractivity contribution in [2.24, 2.45) is 0 Å². The van der Waals surface area contributed by atoms with Crippen molar-refractivity contribution >= 4 is 39.9 Å². The summed E-state index contributed by atoms with van der Waals surface area (Å²) >= 11 is 12.0. The molecule has 9 heteroatoms. The number of halogens is 2. The molecule has 0 fully saturated rings. The molecule has 0 aliphatic carbocycles. The van der Waals surface area contributed by atoms with E-state index in [2.05, 4.69) is 30.6 Å². The van der Waals surface area contributed by atoms with Crippen LogP contribution in [0.3, 0.4) is 0 Å². The number of rotatable bonds is 4. The Kier molecular flexibility index (Phi) is 3.95. The molecule has 0 aliphatic rings. The Balaban J connectivity index is 1.88. The zero-order valence-corrected chi connectivity index (χ0v) is 14.1. The number of aromatic nitrogens is 6. The Morgan fingerprint density at radius 3 is 2.72 bits per heavy atom. The van der Waals surface area contributed by atoms with Gasteiger partial charge in [0, 0.05) is 33.6 Å². The van der Waals surface area contributed by atoms with Crippen LogP contribution >= 0.6 is 23.2 Å². The lowest BCUT2D eigenvalue weighted by molar-refractivity contribution is 0.103. The molecule has 0 spiro atoms. The maximum absolute atomic E-state index is 13.0. The minimum atomic E-state index is -0.266. The fourth-order valence-electron chi connectivity index (χ4n) is 2.68. The lowest BCUT2D eigenvalue weighted by Gasteiger charge is -2.03. The standard InChI is InChI=1S/C16H10Cl2N6O/c17-8-1-2-10-11(7-14-21-23-24-22-14)15(20-12(10)5-8)16(25)13-6-9(18)3-4-19-13/h1-6,20H,7H2,(H,21,22,23,24). The average Bonchev–Trinajstić information content (AvgIpc) is 3.22. The number of fused-ring (bicyclic) bond motifs is 1. The maximum atomic E-state index is 13.0. The number of tetrazole rings is 1. The highest BCUT2D eigenvalue weighted by atomic mass is 35.5. The summed E-state index contributed by atoms with van der Waals surface area (Å²) in [5, 5.41) is 15.6. The molecule has 0 atom stereocenters. The van der Waals surface area contributed by atoms with Crippen LogP contribution in [0.15, 0.2) is 36.5 Å². The Labute approximate surface area is 151 Å². The van der Waals surface area contributed by atoms with Gasteiger partial charge in [0.05, 0.1) is 5.69 Å². The first-order valence-electron chi connectivity index (χ1n) is 7.31. The number of aromatic amines is 2. The van der Waals surface area contributed by atoms with Crippen molar-refractivity contribution < 1.29 is 4.79 Å². The van der Waals surface area contributed by atoms with Gasteiger partial charge < -0.3 is 4.98 Å². The average molecular weight is 373 g/mol. The van der Waals surface area contributed by atoms with Crippen LogP contribution in [0.1, 0.15) is 27.6 Å². The largest absolute Gasteiger partial charge is 0.351 e. The Morgan fingerprint density at radius 1 is 1.12 bits per heavy atom. The van der Waals surface area contributed by atoms with Crippen molar-refractivity contribution in [2.75, 3.05) is 0 Å². The minimum absolute atomic E-state index is 0.252. The Hall–Kier alpha value is -2.77. The summed E-state index contributed by atoms with van der Waals surface area (Å²) in [6, 6.07) is 8.54. The summed E-state index contributed by atoms with van der Waals surface area (Å²) < 4.78 is 0. The second kappa shape index (κ2) is 6.27. The number of carbonyl (C=O) groups excluding carboxylic acids is 1. The van der Waals surface area contributed by atoms with Crippen molar-refractivity contribution in [3.63, 3.8) is 0 Å². The molecule has 0 saturated heterocycles. The third kappa shape index (κ3) is 2.99. The van der Waals surface area contributed by atoms with Gasteiger partial charge in [-0.25, -0.2) is 5.10 Å². The SMILES string of the molecule is O=C(c1cc(Cl)ccn1)c1[nH]c2cc(Cl)ccc2c1Cc1nnn[nH]1. The monoisotopic (exact) mass is 372 g/mol. The summed E-state index contributed by atoms with van der Waals surface area (Å²) in [5.74, 6) is 0.279. The second-order valence-electron chi connectivity index (χ2n) is 5.38. The van der Waals surface area contributed by atoms with Crippen LogP contribution in [-0.4, -0.2) is 36.4 Å². The van der Waals surface area contributed by atoms with Crippen molar-refractivity contribution in [1.82, 2.24) is 30.6 Å². The molecular formula is C16H10Cl2N6O. The highest BCUT2D eigenvalue weighted by Crippen LogP contribution is 2.28. The second-order valence-corrected chi connectivity index (χ2v) is 6.25. The van der Waals surface area contributed by atoms with Crippen LogP contribution in [0.5, 0.6) is 0 Å². The van der Waals surface area contributed by atoms with Gasteiger partial charge in [-0.15, -0.1) is 5.10 Å². The number of hydrogen-bond acceptors (Lipinski definition) is 5. The first-order chi connectivity index (χ1) is 12.1. The van der Waals surface area contributed by atoms with E-state index in [0.29, 0.717) is 28.0 Å². The van der Waals surface area contributed by atoms with Crippen LogP contribution < -0.4 is 0 Å². The minimum Gasteiger partial charge on any atom is -0.351 e. The molecule has 1 aromatic carbocycles. The van der Waals surface area contributed by atoms with Crippen molar-refractivity contribution in [2.45, 2.75) is 6.42 Å². The van der Waals surface area contributed by atoms with Crippen LogP contribution in [-0.2, 0) is 6.42 Å². The molecule has 3 heterocycles. The van der Waals surface area contributed by atoms with Crippen LogP contribution in [0.4, 0.5) is 0 Å². The van der Waals surface area contributed by atoms with E-state index in [-0.39, 0.29) is 11.5 Å². The Bertz CT molecular complexity index is 1070. The molecular weight excluding hydrogens is 363 g/mol. The fourth-order valence-corrected chi connectivity index (χ4v) is 3.02. The number of H-pyrrole nitrogens is 2. The molecule has 0 aliphatic heterocycles. The zero-order chi connectivity index (χ0) is 17.4. The molecule has 0 amide bonds. The molecule has 3 aromatic heterocycles. The predicted molar refractivity (Wildman–Crippen MR) is 93.0 cm³/mol. The first-order valence-corrected chi connectivity index (χ1v) is 8.06. The third-order valence-electron chi connectivity index (χ3n) is 3.78. The number of pyridine rings is 1. The van der Waals surface area contributed by atoms with E-state index in [0.717, 1.165) is 16.5 Å². The summed E-state index contributed by atoms with van der Waals surface area (Å²) in [6.07, 6.45) is 1.85. The lowest BCUT2D eigenvalue weighted by atomic mass is 10.0. The van der Waals surface area contributed by atoms with Gasteiger partial charge in [0.1, 0.15) is 5.69 Å². The highest BCUT2D eigenvalue weighted by Gasteiger charge is 2.21. The molecule has 0 saturated carbocycles. The number of hydrogen-bond donors (Lipinski definition) is 2. The maximum Gasteiger partial charge on any atom is 0.227 e. The molecule has 0 radical (unpaired) electrons. The van der Waals surface area contributed by atoms with Gasteiger partial charge in [0.15, 0.2) is 5.82 Å². The molecule has 2 N–H and O–H groups in total. The van der Waals surface area contributed by atoms with E-state index in [4.69, 9.17) is 23.2 Å². The summed E-state index contributed by atoms with van der Waals surface area (Å²) in [6.45, 7) is 0. The molecule has 0 unspecified atom stereocenters. The van der Waals surface area contributed by atoms with Crippen molar-refractivity contribution in [3.05, 3.63) is 69.3 Å². The molecule has 0 bridgehead atoms. The topological polar surface area (TPSA) is 100 Å². The van der Waals surface area contributed by atoms with Gasteiger partial charge in [-0.3, -0.25) is 9.78 Å². The lowest BCUT2D eigenvalue weighted by Crippen LogP contribution is -2.08. The Morgan fingerprint density at radius 2 is 1.96 bits per heavy atom. The van der Waals surface area contributed by atoms with E-state index < -0.39 is 0 Å². The normalized spacial score (nSPS) is 11.1. The highest BCUT2D eigenvalue weighted by molar-refractivity contribution is 6.31. The summed E-state index contributed by atoms with van der Waals surface area (Å²) in [4.78, 5) is 20.2. The fraction of sp³-hybridized carbons (Fsp3) is 0.0625. The van der Waals surface area contributed by atoms with Crippen molar-refractivity contribution in [1.29, 1.82) is 0 Å². The summed E-state index contributed by atoms with van der Waals surface area (Å²) in [7, 11) is 0. The number of benzene rings is 1. The summed E-state index contributed by atoms with van der Waals surface area (Å²) in [5.41, 5.74) is 2.17. The molecule has 4 aromatic rings. The smallest absolute Gasteiger partial charge is 0.227 e. The third-order valence-corrected chi connectivity index (χ3v) is 4.25. The van der Waals surface area contributed by atoms with Crippen LogP contribution in [0.2, 0.25) is 10.0 Å². The molecule has 7 nitrogen and oxygen atoms in total. The number of carbonyl (C=O) groups is 1. The quantitative estimate of drug-likeness (QED) is 0.535. The first kappa shape index (κ1) is 15.7. The molecule has 124 valence electrons. The van der Waals surface area contributed by atoms with E-state index in [1.807, 2.05) is 6.07 Å². The van der Waals surface area contributed by atoms with Gasteiger partial charge in [-0.1, -0.05) is 29.3 Å². The van der Waals surface area contributed by atoms with E-state index >= 15 is 0 Å². The van der Waals surface area contributed by atoms with Gasteiger partial charge in [-0.05, 0) is 40.3 Å². The number of nitrogens with one attached hydrogen (secondary N) is 2. The van der Waals surface area contributed by atoms with E-state index in [1.54, 1.807) is 18.2 Å². The van der Waals surface area contributed by atoms with Gasteiger partial charge in [0.25, 0.3) is 0 Å². The van der Waals surface area contributed by atoms with Gasteiger partial charge in [0.2, 0.25) is 5.78 Å². The van der Waals surface area contributed by atoms with Crippen LogP contribution in [0, 0.1) is 0 Å². The van der Waals surface area contributed by atoms with E-state index in [9.17, 15) is 4.79 Å². The molecule has 4 rings (SSSR count). The van der Waals surface area contributed by atoms with Gasteiger partial charge in [-0.2, -0.15) is 0 Å². The number of ketones is 1. The van der Waals surface area contributed by atoms with Crippen LogP contribution in [0.25, 0.3) is 10.9 Å².